The second kappa shape index (κ2) is 4.95. The molecule has 0 spiro atoms. The van der Waals surface area contributed by atoms with Crippen LogP contribution in [0.4, 0.5) is 11.5 Å². The number of rotatable bonds is 2. The first-order valence-electron chi connectivity index (χ1n) is 7.92. The van der Waals surface area contributed by atoms with Gasteiger partial charge in [-0.2, -0.15) is 5.10 Å². The van der Waals surface area contributed by atoms with Crippen molar-refractivity contribution in [2.75, 3.05) is 4.90 Å². The highest BCUT2D eigenvalue weighted by molar-refractivity contribution is 5.76. The van der Waals surface area contributed by atoms with E-state index in [1.54, 1.807) is 10.9 Å². The Labute approximate surface area is 140 Å². The molecule has 6 nitrogen and oxygen atoms in total. The van der Waals surface area contributed by atoms with E-state index in [1.165, 1.54) is 0 Å². The minimum atomic E-state index is -0.686. The summed E-state index contributed by atoms with van der Waals surface area (Å²) in [5.41, 5.74) is 2.56. The number of hydrogen-bond acceptors (Lipinski definition) is 5. The van der Waals surface area contributed by atoms with E-state index in [-0.39, 0.29) is 0 Å². The lowest BCUT2D eigenvalue weighted by atomic mass is 9.85. The molecular weight excluding hydrogens is 304 g/mol. The molecule has 1 atom stereocenters. The van der Waals surface area contributed by atoms with Gasteiger partial charge in [0.1, 0.15) is 6.23 Å². The van der Waals surface area contributed by atoms with E-state index < -0.39 is 11.6 Å². The van der Waals surface area contributed by atoms with E-state index in [1.807, 2.05) is 57.1 Å². The Hall–Kier alpha value is -2.60. The molecule has 1 aliphatic heterocycles. The normalized spacial score (nSPS) is 18.9. The van der Waals surface area contributed by atoms with Crippen LogP contribution in [0.15, 0.2) is 41.1 Å². The van der Waals surface area contributed by atoms with E-state index in [0.29, 0.717) is 5.89 Å². The molecule has 1 aliphatic rings. The fraction of sp³-hybridized carbons (Fsp3) is 0.333. The number of hydrogen-bond donors (Lipinski definition) is 1. The molecule has 4 rings (SSSR count). The van der Waals surface area contributed by atoms with Crippen LogP contribution in [0.3, 0.4) is 0 Å². The molecule has 1 N–H and O–H groups in total. The van der Waals surface area contributed by atoms with Gasteiger partial charge < -0.3 is 9.52 Å². The lowest BCUT2D eigenvalue weighted by Gasteiger charge is -2.28. The number of aryl methyl sites for hydroxylation is 2. The summed E-state index contributed by atoms with van der Waals surface area (Å²) in [5.74, 6) is 2.07. The maximum absolute atomic E-state index is 10.9. The Kier molecular flexibility index (Phi) is 3.08. The van der Waals surface area contributed by atoms with Crippen LogP contribution in [0, 0.1) is 6.92 Å². The summed E-state index contributed by atoms with van der Waals surface area (Å²) in [6, 6.07) is 7.99. The predicted octanol–water partition coefficient (Wildman–Crippen LogP) is 3.13. The summed E-state index contributed by atoms with van der Waals surface area (Å²) >= 11 is 0. The van der Waals surface area contributed by atoms with Crippen molar-refractivity contribution in [2.24, 2.45) is 7.05 Å². The van der Waals surface area contributed by atoms with Crippen molar-refractivity contribution in [2.45, 2.75) is 32.4 Å². The highest BCUT2D eigenvalue weighted by atomic mass is 16.4. The first-order chi connectivity index (χ1) is 11.4. The Morgan fingerprint density at radius 1 is 1.25 bits per heavy atom. The highest BCUT2D eigenvalue weighted by Crippen LogP contribution is 2.48. The number of aliphatic hydroxyl groups excluding tert-OH is 1. The Morgan fingerprint density at radius 3 is 2.67 bits per heavy atom. The number of benzene rings is 1. The molecule has 3 heterocycles. The standard InChI is InChI=1S/C18H20N4O2/c1-11-19-10-15(24-11)12-5-6-13-14(9-12)22(17(23)18(13,2)3)16-7-8-21(4)20-16/h5-10,17,23H,1-4H3. The quantitative estimate of drug-likeness (QED) is 0.784. The van der Waals surface area contributed by atoms with E-state index in [2.05, 4.69) is 16.1 Å². The van der Waals surface area contributed by atoms with Crippen molar-refractivity contribution in [1.29, 1.82) is 0 Å². The van der Waals surface area contributed by atoms with Gasteiger partial charge in [0.2, 0.25) is 0 Å². The van der Waals surface area contributed by atoms with Gasteiger partial charge in [0.05, 0.1) is 6.20 Å². The summed E-state index contributed by atoms with van der Waals surface area (Å²) in [6.07, 6.45) is 2.91. The molecule has 0 amide bonds. The predicted molar refractivity (Wildman–Crippen MR) is 91.1 cm³/mol. The lowest BCUT2D eigenvalue weighted by molar-refractivity contribution is 0.118. The number of aliphatic hydroxyl groups is 1. The second-order valence-corrected chi connectivity index (χ2v) is 6.79. The number of oxazole rings is 1. The van der Waals surface area contributed by atoms with Gasteiger partial charge in [-0.05, 0) is 11.6 Å². The lowest BCUT2D eigenvalue weighted by Crippen LogP contribution is -2.38. The van der Waals surface area contributed by atoms with Crippen molar-refractivity contribution >= 4 is 11.5 Å². The monoisotopic (exact) mass is 324 g/mol. The molecule has 3 aromatic rings. The summed E-state index contributed by atoms with van der Waals surface area (Å²) in [7, 11) is 1.87. The Balaban J connectivity index is 1.88. The highest BCUT2D eigenvalue weighted by Gasteiger charge is 2.45. The van der Waals surface area contributed by atoms with Gasteiger partial charge in [0.15, 0.2) is 17.5 Å². The van der Waals surface area contributed by atoms with Crippen molar-refractivity contribution < 1.29 is 9.52 Å². The third-order valence-corrected chi connectivity index (χ3v) is 4.69. The molecule has 6 heteroatoms. The van der Waals surface area contributed by atoms with Crippen LogP contribution < -0.4 is 4.90 Å². The first kappa shape index (κ1) is 15.0. The maximum atomic E-state index is 10.9. The van der Waals surface area contributed by atoms with E-state index in [0.717, 1.165) is 28.4 Å². The van der Waals surface area contributed by atoms with Crippen LogP contribution in [0.25, 0.3) is 11.3 Å². The van der Waals surface area contributed by atoms with E-state index in [9.17, 15) is 5.11 Å². The third-order valence-electron chi connectivity index (χ3n) is 4.69. The van der Waals surface area contributed by atoms with Crippen molar-refractivity contribution in [3.63, 3.8) is 0 Å². The minimum absolute atomic E-state index is 0.400. The summed E-state index contributed by atoms with van der Waals surface area (Å²) in [5, 5.41) is 15.4. The van der Waals surface area contributed by atoms with Crippen LogP contribution in [-0.4, -0.2) is 26.1 Å². The zero-order valence-electron chi connectivity index (χ0n) is 14.2. The average molecular weight is 324 g/mol. The van der Waals surface area contributed by atoms with E-state index >= 15 is 0 Å². The molecule has 0 radical (unpaired) electrons. The van der Waals surface area contributed by atoms with Crippen LogP contribution in [-0.2, 0) is 12.5 Å². The molecule has 124 valence electrons. The number of nitrogens with zero attached hydrogens (tertiary/aromatic N) is 4. The van der Waals surface area contributed by atoms with Gasteiger partial charge in [-0.15, -0.1) is 0 Å². The number of fused-ring (bicyclic) bond motifs is 1. The van der Waals surface area contributed by atoms with Gasteiger partial charge in [0, 0.05) is 42.9 Å². The largest absolute Gasteiger partial charge is 0.441 e. The summed E-state index contributed by atoms with van der Waals surface area (Å²) in [4.78, 5) is 6.04. The molecule has 0 fully saturated rings. The zero-order chi connectivity index (χ0) is 17.1. The third kappa shape index (κ3) is 2.06. The number of anilines is 2. The molecule has 2 aromatic heterocycles. The molecule has 0 saturated heterocycles. The molecular formula is C18H20N4O2. The fourth-order valence-corrected chi connectivity index (χ4v) is 3.30. The van der Waals surface area contributed by atoms with E-state index in [4.69, 9.17) is 4.42 Å². The molecule has 0 saturated carbocycles. The van der Waals surface area contributed by atoms with Gasteiger partial charge >= 0.3 is 0 Å². The zero-order valence-corrected chi connectivity index (χ0v) is 14.2. The SMILES string of the molecule is Cc1ncc(-c2ccc3c(c2)N(c2ccn(C)n2)C(O)C3(C)C)o1. The Morgan fingerprint density at radius 2 is 2.04 bits per heavy atom. The average Bonchev–Trinajstić information content (AvgIpc) is 3.20. The molecule has 0 aliphatic carbocycles. The second-order valence-electron chi connectivity index (χ2n) is 6.79. The molecule has 1 unspecified atom stereocenters. The van der Waals surface area contributed by atoms with Crippen LogP contribution in [0.1, 0.15) is 25.3 Å². The smallest absolute Gasteiger partial charge is 0.191 e. The van der Waals surface area contributed by atoms with Crippen molar-refractivity contribution in [3.05, 3.63) is 48.1 Å². The minimum Gasteiger partial charge on any atom is -0.441 e. The first-order valence-corrected chi connectivity index (χ1v) is 7.92. The van der Waals surface area contributed by atoms with Gasteiger partial charge in [-0.1, -0.05) is 26.0 Å². The molecule has 0 bridgehead atoms. The topological polar surface area (TPSA) is 67.3 Å². The van der Waals surface area contributed by atoms with Crippen molar-refractivity contribution in [3.8, 4) is 11.3 Å². The molecule has 24 heavy (non-hydrogen) atoms. The summed E-state index contributed by atoms with van der Waals surface area (Å²) in [6.45, 7) is 5.90. The van der Waals surface area contributed by atoms with Crippen LogP contribution >= 0.6 is 0 Å². The van der Waals surface area contributed by atoms with Crippen LogP contribution in [0.2, 0.25) is 0 Å². The summed E-state index contributed by atoms with van der Waals surface area (Å²) < 4.78 is 7.37. The molecule has 1 aromatic carbocycles. The van der Waals surface area contributed by atoms with Gasteiger partial charge in [-0.3, -0.25) is 9.58 Å². The number of aromatic nitrogens is 3. The Bertz CT molecular complexity index is 909. The van der Waals surface area contributed by atoms with Crippen molar-refractivity contribution in [1.82, 2.24) is 14.8 Å². The van der Waals surface area contributed by atoms with Gasteiger partial charge in [-0.25, -0.2) is 4.98 Å². The van der Waals surface area contributed by atoms with Gasteiger partial charge in [0.25, 0.3) is 0 Å². The fourth-order valence-electron chi connectivity index (χ4n) is 3.30. The van der Waals surface area contributed by atoms with Crippen LogP contribution in [0.5, 0.6) is 0 Å². The maximum Gasteiger partial charge on any atom is 0.191 e.